The quantitative estimate of drug-likeness (QED) is 0.0205. The van der Waals surface area contributed by atoms with Crippen LogP contribution < -0.4 is 5.32 Å². The Balaban J connectivity index is 5.19. The molecule has 454 valence electrons. The van der Waals surface area contributed by atoms with Gasteiger partial charge in [0.05, 0.1) is 33.8 Å². The Bertz CT molecular complexity index is 1410. The van der Waals surface area contributed by atoms with Crippen LogP contribution in [0.3, 0.4) is 0 Å². The molecule has 0 heterocycles. The van der Waals surface area contributed by atoms with Gasteiger partial charge in [-0.15, -0.1) is 0 Å². The minimum atomic E-state index is -4.45. The van der Waals surface area contributed by atoms with E-state index in [0.717, 1.165) is 57.8 Å². The van der Waals surface area contributed by atoms with Gasteiger partial charge in [0, 0.05) is 12.8 Å². The van der Waals surface area contributed by atoms with Gasteiger partial charge in [-0.2, -0.15) is 0 Å². The van der Waals surface area contributed by atoms with E-state index in [2.05, 4.69) is 50.4 Å². The third-order valence-corrected chi connectivity index (χ3v) is 16.0. The average Bonchev–Trinajstić information content (AvgIpc) is 3.39. The van der Waals surface area contributed by atoms with Crippen LogP contribution in [0.5, 0.6) is 0 Å². The van der Waals surface area contributed by atoms with Crippen LogP contribution in [0.1, 0.15) is 329 Å². The van der Waals surface area contributed by atoms with Gasteiger partial charge in [0.15, 0.2) is 0 Å². The van der Waals surface area contributed by atoms with Crippen LogP contribution in [0.25, 0.3) is 0 Å². The second-order valence-electron chi connectivity index (χ2n) is 24.0. The maximum absolute atomic E-state index is 13.6. The summed E-state index contributed by atoms with van der Waals surface area (Å²) in [6.07, 6.45) is 69.9. The number of amides is 1. The van der Waals surface area contributed by atoms with Crippen molar-refractivity contribution in [2.75, 3.05) is 40.9 Å². The van der Waals surface area contributed by atoms with Gasteiger partial charge in [-0.3, -0.25) is 18.6 Å². The predicted octanol–water partition coefficient (Wildman–Crippen LogP) is 20.7. The van der Waals surface area contributed by atoms with E-state index >= 15 is 0 Å². The van der Waals surface area contributed by atoms with Crippen molar-refractivity contribution in [3.8, 4) is 0 Å². The molecule has 0 saturated carbocycles. The second-order valence-corrected chi connectivity index (χ2v) is 25.4. The highest BCUT2D eigenvalue weighted by atomic mass is 31.2. The summed E-state index contributed by atoms with van der Waals surface area (Å²) in [6.45, 7) is 7.05. The number of carbonyl (C=O) groups is 2. The Morgan fingerprint density at radius 3 is 1.10 bits per heavy atom. The summed E-state index contributed by atoms with van der Waals surface area (Å²) >= 11 is 0. The van der Waals surface area contributed by atoms with Crippen LogP contribution in [0.2, 0.25) is 0 Å². The zero-order valence-corrected chi connectivity index (χ0v) is 52.9. The molecule has 9 nitrogen and oxygen atoms in total. The first-order valence-electron chi connectivity index (χ1n) is 33.3. The number of esters is 1. The molecule has 0 rings (SSSR count). The molecule has 0 fully saturated rings. The van der Waals surface area contributed by atoms with Crippen molar-refractivity contribution in [1.29, 1.82) is 0 Å². The number of phosphoric acid groups is 1. The first kappa shape index (κ1) is 75.2. The summed E-state index contributed by atoms with van der Waals surface area (Å²) in [5, 5.41) is 3.07. The van der Waals surface area contributed by atoms with E-state index in [1.54, 1.807) is 0 Å². The van der Waals surface area contributed by atoms with E-state index in [1.165, 1.54) is 238 Å². The fourth-order valence-electron chi connectivity index (χ4n) is 9.87. The first-order valence-corrected chi connectivity index (χ1v) is 34.8. The number of nitrogens with one attached hydrogen (secondary N) is 1. The van der Waals surface area contributed by atoms with Crippen LogP contribution in [0, 0.1) is 0 Å². The summed E-state index contributed by atoms with van der Waals surface area (Å²) in [6, 6.07) is -0.848. The standard InChI is InChI=1S/C67H129N2O7P/c1-7-10-13-16-19-22-25-28-30-32-33-34-35-37-38-41-44-47-50-53-56-59-66(70)68-64(63-75-77(72,73)74-62-61-69(4,5)6)65(58-55-52-49-46-43-40-27-24-21-18-15-12-9-3)76-67(71)60-57-54-51-48-45-42-39-36-31-29-26-23-20-17-14-11-8-2/h28-31,55,58,64-65H,7-27,32-54,56-57,59-63H2,1-6H3,(H-,68,70,72,73)/p+1/b30-28+,31-29+,58-55-. The fourth-order valence-corrected chi connectivity index (χ4v) is 10.6. The molecule has 0 aliphatic carbocycles. The van der Waals surface area contributed by atoms with E-state index in [1.807, 2.05) is 33.3 Å². The van der Waals surface area contributed by atoms with Gasteiger partial charge in [0.2, 0.25) is 5.91 Å². The van der Waals surface area contributed by atoms with Crippen molar-refractivity contribution in [1.82, 2.24) is 5.32 Å². The molecule has 1 amide bonds. The van der Waals surface area contributed by atoms with Gasteiger partial charge in [-0.05, 0) is 83.1 Å². The van der Waals surface area contributed by atoms with Crippen LogP contribution in [-0.4, -0.2) is 74.3 Å². The van der Waals surface area contributed by atoms with Crippen molar-refractivity contribution < 1.29 is 37.3 Å². The molecule has 0 aromatic heterocycles. The van der Waals surface area contributed by atoms with E-state index in [-0.39, 0.29) is 31.5 Å². The number of quaternary nitrogens is 1. The number of hydrogen-bond donors (Lipinski definition) is 2. The highest BCUT2D eigenvalue weighted by molar-refractivity contribution is 7.47. The number of carbonyl (C=O) groups excluding carboxylic acids is 2. The number of allylic oxidation sites excluding steroid dienone is 5. The zero-order valence-electron chi connectivity index (χ0n) is 52.0. The van der Waals surface area contributed by atoms with Gasteiger partial charge in [0.1, 0.15) is 19.3 Å². The molecule has 0 aromatic carbocycles. The summed E-state index contributed by atoms with van der Waals surface area (Å²) < 4.78 is 30.8. The van der Waals surface area contributed by atoms with Crippen molar-refractivity contribution in [3.63, 3.8) is 0 Å². The third-order valence-electron chi connectivity index (χ3n) is 15.1. The van der Waals surface area contributed by atoms with Gasteiger partial charge in [-0.1, -0.05) is 269 Å². The normalized spacial score (nSPS) is 13.8. The molecule has 0 saturated heterocycles. The van der Waals surface area contributed by atoms with Crippen LogP contribution >= 0.6 is 7.82 Å². The number of hydrogen-bond acceptors (Lipinski definition) is 6. The Hall–Kier alpha value is -1.77. The lowest BCUT2D eigenvalue weighted by Gasteiger charge is -2.27. The molecule has 2 N–H and O–H groups in total. The molecule has 77 heavy (non-hydrogen) atoms. The van der Waals surface area contributed by atoms with Crippen molar-refractivity contribution in [2.45, 2.75) is 341 Å². The van der Waals surface area contributed by atoms with Crippen LogP contribution in [0.15, 0.2) is 36.5 Å². The van der Waals surface area contributed by atoms with E-state index in [0.29, 0.717) is 17.4 Å². The minimum absolute atomic E-state index is 0.0414. The SMILES string of the molecule is CCCCCCCC/C=C/CCCCCCCCCCCCCC(=O)NC(COP(=O)(O)OCC[N+](C)(C)C)C(/C=C\CCCCCCCCCCCCC)OC(=O)CCCCCCCCC/C=C/CCCCCCCC. The van der Waals surface area contributed by atoms with E-state index < -0.39 is 20.0 Å². The summed E-state index contributed by atoms with van der Waals surface area (Å²) in [4.78, 5) is 37.8. The average molecular weight is 1110 g/mol. The molecule has 0 spiro atoms. The molecular formula is C67H130N2O7P+. The number of ether oxygens (including phenoxy) is 1. The van der Waals surface area contributed by atoms with Crippen molar-refractivity contribution in [2.24, 2.45) is 0 Å². The molecule has 0 bridgehead atoms. The van der Waals surface area contributed by atoms with Gasteiger partial charge >= 0.3 is 13.8 Å². The monoisotopic (exact) mass is 1110 g/mol. The molecule has 3 unspecified atom stereocenters. The molecule has 10 heteroatoms. The number of nitrogens with zero attached hydrogens (tertiary/aromatic N) is 1. The highest BCUT2D eigenvalue weighted by Crippen LogP contribution is 2.43. The second kappa shape index (κ2) is 57.5. The number of rotatable bonds is 61. The van der Waals surface area contributed by atoms with Crippen molar-refractivity contribution >= 4 is 19.7 Å². The van der Waals surface area contributed by atoms with Gasteiger partial charge < -0.3 is 19.4 Å². The molecular weight excluding hydrogens is 976 g/mol. The Kier molecular flexibility index (Phi) is 56.1. The maximum atomic E-state index is 13.6. The van der Waals surface area contributed by atoms with E-state index in [9.17, 15) is 19.0 Å². The molecule has 0 radical (unpaired) electrons. The van der Waals surface area contributed by atoms with Crippen molar-refractivity contribution in [3.05, 3.63) is 36.5 Å². The summed E-state index contributed by atoms with van der Waals surface area (Å²) in [5.41, 5.74) is 0. The third kappa shape index (κ3) is 58.7. The van der Waals surface area contributed by atoms with Gasteiger partial charge in [0.25, 0.3) is 0 Å². The maximum Gasteiger partial charge on any atom is 0.472 e. The lowest BCUT2D eigenvalue weighted by atomic mass is 10.0. The fraction of sp³-hybridized carbons (Fsp3) is 0.881. The topological polar surface area (TPSA) is 111 Å². The number of likely N-dealkylation sites (N-methyl/N-ethyl adjacent to an activating group) is 1. The number of unbranched alkanes of at least 4 members (excludes halogenated alkanes) is 41. The highest BCUT2D eigenvalue weighted by Gasteiger charge is 2.30. The summed E-state index contributed by atoms with van der Waals surface area (Å²) in [7, 11) is 1.51. The molecule has 0 aliphatic heterocycles. The lowest BCUT2D eigenvalue weighted by molar-refractivity contribution is -0.870. The Labute approximate surface area is 478 Å². The molecule has 3 atom stereocenters. The summed E-state index contributed by atoms with van der Waals surface area (Å²) in [5.74, 6) is -0.496. The largest absolute Gasteiger partial charge is 0.472 e. The van der Waals surface area contributed by atoms with Crippen LogP contribution in [0.4, 0.5) is 0 Å². The molecule has 0 aliphatic rings. The smallest absolute Gasteiger partial charge is 0.456 e. The molecule has 0 aromatic rings. The zero-order chi connectivity index (χ0) is 56.4. The van der Waals surface area contributed by atoms with Gasteiger partial charge in [-0.25, -0.2) is 4.57 Å². The van der Waals surface area contributed by atoms with Crippen LogP contribution in [-0.2, 0) is 27.9 Å². The Morgan fingerprint density at radius 1 is 0.442 bits per heavy atom. The van der Waals surface area contributed by atoms with E-state index in [4.69, 9.17) is 13.8 Å². The predicted molar refractivity (Wildman–Crippen MR) is 332 cm³/mol. The minimum Gasteiger partial charge on any atom is -0.456 e. The number of phosphoric ester groups is 1. The Morgan fingerprint density at radius 2 is 0.753 bits per heavy atom. The first-order chi connectivity index (χ1) is 37.4. The lowest BCUT2D eigenvalue weighted by Crippen LogP contribution is -2.47.